The molecular weight excluding hydrogens is 1040 g/mol. The zero-order chi connectivity index (χ0) is 57.6. The normalized spacial score (nSPS) is 14.3. The molecule has 0 aliphatic carbocycles. The number of hydrogen-bond acceptors (Lipinski definition) is 15. The van der Waals surface area contributed by atoms with Crippen molar-refractivity contribution in [2.75, 3.05) is 39.6 Å². The van der Waals surface area contributed by atoms with E-state index in [1.165, 1.54) is 103 Å². The van der Waals surface area contributed by atoms with Crippen molar-refractivity contribution in [3.63, 3.8) is 0 Å². The molecular formula is C59H114O17P2. The Bertz CT molecular complexity index is 1520. The second-order valence-electron chi connectivity index (χ2n) is 21.4. The molecule has 0 aromatic carbocycles. The molecule has 5 atom stereocenters. The Kier molecular flexibility index (Phi) is 53.0. The van der Waals surface area contributed by atoms with E-state index in [4.69, 9.17) is 37.0 Å². The Morgan fingerprint density at radius 2 is 0.513 bits per heavy atom. The van der Waals surface area contributed by atoms with E-state index in [0.717, 1.165) is 116 Å². The van der Waals surface area contributed by atoms with Gasteiger partial charge in [0, 0.05) is 25.7 Å². The van der Waals surface area contributed by atoms with Crippen LogP contribution in [0.1, 0.15) is 297 Å². The molecule has 3 N–H and O–H groups in total. The van der Waals surface area contributed by atoms with Crippen LogP contribution in [0.15, 0.2) is 0 Å². The molecule has 2 unspecified atom stereocenters. The van der Waals surface area contributed by atoms with Crippen LogP contribution in [0.4, 0.5) is 0 Å². The van der Waals surface area contributed by atoms with E-state index in [2.05, 4.69) is 27.7 Å². The van der Waals surface area contributed by atoms with Crippen molar-refractivity contribution in [2.24, 2.45) is 0 Å². The molecule has 0 aromatic rings. The van der Waals surface area contributed by atoms with Crippen LogP contribution in [0.2, 0.25) is 0 Å². The van der Waals surface area contributed by atoms with Gasteiger partial charge in [-0.15, -0.1) is 0 Å². The minimum atomic E-state index is -4.93. The third-order valence-corrected chi connectivity index (χ3v) is 15.5. The average molecular weight is 1160 g/mol. The summed E-state index contributed by atoms with van der Waals surface area (Å²) < 4.78 is 67.5. The van der Waals surface area contributed by atoms with Crippen molar-refractivity contribution in [1.82, 2.24) is 0 Å². The molecule has 462 valence electrons. The third kappa shape index (κ3) is 53.4. The van der Waals surface area contributed by atoms with Crippen LogP contribution < -0.4 is 0 Å². The highest BCUT2D eigenvalue weighted by molar-refractivity contribution is 7.47. The van der Waals surface area contributed by atoms with Crippen LogP contribution in [-0.4, -0.2) is 96.7 Å². The van der Waals surface area contributed by atoms with E-state index in [1.54, 1.807) is 0 Å². The number of unbranched alkanes of at least 4 members (excludes halogenated alkanes) is 34. The first-order valence-corrected chi connectivity index (χ1v) is 34.3. The van der Waals surface area contributed by atoms with Crippen molar-refractivity contribution in [3.05, 3.63) is 0 Å². The molecule has 0 spiro atoms. The van der Waals surface area contributed by atoms with Crippen LogP contribution >= 0.6 is 15.6 Å². The number of phosphoric acid groups is 2. The smallest absolute Gasteiger partial charge is 0.462 e. The lowest BCUT2D eigenvalue weighted by molar-refractivity contribution is -0.161. The van der Waals surface area contributed by atoms with Gasteiger partial charge in [-0.05, 0) is 25.7 Å². The lowest BCUT2D eigenvalue weighted by atomic mass is 10.0. The second kappa shape index (κ2) is 54.3. The van der Waals surface area contributed by atoms with Crippen LogP contribution in [0.25, 0.3) is 0 Å². The summed E-state index contributed by atoms with van der Waals surface area (Å²) >= 11 is 0. The zero-order valence-electron chi connectivity index (χ0n) is 49.6. The van der Waals surface area contributed by atoms with Crippen LogP contribution in [0, 0.1) is 0 Å². The number of aliphatic hydroxyl groups excluding tert-OH is 1. The summed E-state index contributed by atoms with van der Waals surface area (Å²) in [5.41, 5.74) is 0. The van der Waals surface area contributed by atoms with E-state index >= 15 is 0 Å². The maximum absolute atomic E-state index is 12.9. The zero-order valence-corrected chi connectivity index (χ0v) is 51.4. The van der Waals surface area contributed by atoms with Crippen molar-refractivity contribution in [1.29, 1.82) is 0 Å². The van der Waals surface area contributed by atoms with E-state index in [-0.39, 0.29) is 25.7 Å². The predicted octanol–water partition coefficient (Wildman–Crippen LogP) is 16.0. The molecule has 0 amide bonds. The SMILES string of the molecule is CCCCCCCCCCCCCCCCCC(=O)OC[C@H](COP(=O)(O)OC[C@H](O)COP(=O)(O)OC[C@@H](COC(=O)CCCCCCCCCCC)OC(=O)CCCCCCCCC)OC(=O)CCCCCCCCC. The standard InChI is InChI=1S/C59H114O17P2/c1-5-9-13-17-21-23-24-25-26-27-28-30-34-36-40-44-57(62)70-50-55(76-59(64)46-42-38-32-20-16-12-8-4)52-74-78(67,68)72-48-53(60)47-71-77(65,66)73-51-54(75-58(63)45-41-37-31-19-15-11-7-3)49-69-56(61)43-39-35-33-29-22-18-14-10-6-2/h53-55,60H,5-52H2,1-4H3,(H,65,66)(H,67,68)/t53-,54-,55-/m1/s1. The largest absolute Gasteiger partial charge is 0.472 e. The minimum Gasteiger partial charge on any atom is -0.462 e. The molecule has 0 aliphatic rings. The van der Waals surface area contributed by atoms with Crippen LogP contribution in [0.5, 0.6) is 0 Å². The Morgan fingerprint density at radius 3 is 0.756 bits per heavy atom. The fourth-order valence-corrected chi connectivity index (χ4v) is 10.3. The van der Waals surface area contributed by atoms with Gasteiger partial charge in [0.05, 0.1) is 26.4 Å². The number of hydrogen-bond donors (Lipinski definition) is 3. The highest BCUT2D eigenvalue weighted by Gasteiger charge is 2.30. The molecule has 78 heavy (non-hydrogen) atoms. The van der Waals surface area contributed by atoms with Gasteiger partial charge in [0.25, 0.3) is 0 Å². The molecule has 0 aliphatic heterocycles. The first-order valence-electron chi connectivity index (χ1n) is 31.3. The maximum Gasteiger partial charge on any atom is 0.472 e. The highest BCUT2D eigenvalue weighted by Crippen LogP contribution is 2.45. The van der Waals surface area contributed by atoms with Gasteiger partial charge < -0.3 is 33.8 Å². The number of carbonyl (C=O) groups excluding carboxylic acids is 4. The van der Waals surface area contributed by atoms with Gasteiger partial charge in [0.1, 0.15) is 19.3 Å². The number of phosphoric ester groups is 2. The van der Waals surface area contributed by atoms with Crippen molar-refractivity contribution in [3.8, 4) is 0 Å². The fraction of sp³-hybridized carbons (Fsp3) is 0.932. The van der Waals surface area contributed by atoms with E-state index in [9.17, 15) is 43.2 Å². The Balaban J connectivity index is 5.10. The summed E-state index contributed by atoms with van der Waals surface area (Å²) in [6, 6.07) is 0. The first-order chi connectivity index (χ1) is 37.7. The van der Waals surface area contributed by atoms with Crippen LogP contribution in [0.3, 0.4) is 0 Å². The summed E-state index contributed by atoms with van der Waals surface area (Å²) in [7, 11) is -9.86. The summed E-state index contributed by atoms with van der Waals surface area (Å²) in [5, 5.41) is 10.5. The molecule has 0 fully saturated rings. The quantitative estimate of drug-likeness (QED) is 0.0222. The topological polar surface area (TPSA) is 237 Å². The molecule has 0 saturated heterocycles. The highest BCUT2D eigenvalue weighted by atomic mass is 31.2. The molecule has 0 bridgehead atoms. The number of ether oxygens (including phenoxy) is 4. The van der Waals surface area contributed by atoms with Gasteiger partial charge in [-0.25, -0.2) is 9.13 Å². The van der Waals surface area contributed by atoms with Gasteiger partial charge in [-0.3, -0.25) is 37.3 Å². The Labute approximate surface area is 473 Å². The van der Waals surface area contributed by atoms with Crippen molar-refractivity contribution >= 4 is 39.5 Å². The first kappa shape index (κ1) is 76.1. The number of rotatable bonds is 60. The van der Waals surface area contributed by atoms with E-state index in [0.29, 0.717) is 25.7 Å². The monoisotopic (exact) mass is 1160 g/mol. The molecule has 0 heterocycles. The maximum atomic E-state index is 12.9. The number of carbonyl (C=O) groups is 4. The number of aliphatic hydroxyl groups is 1. The van der Waals surface area contributed by atoms with Gasteiger partial charge >= 0.3 is 39.5 Å². The summed E-state index contributed by atoms with van der Waals surface area (Å²) in [6.45, 7) is 4.76. The van der Waals surface area contributed by atoms with Gasteiger partial charge in [-0.1, -0.05) is 246 Å². The minimum absolute atomic E-state index is 0.104. The molecule has 19 heteroatoms. The number of esters is 4. The van der Waals surface area contributed by atoms with E-state index < -0.39 is 97.5 Å². The predicted molar refractivity (Wildman–Crippen MR) is 308 cm³/mol. The lowest BCUT2D eigenvalue weighted by Gasteiger charge is -2.21. The van der Waals surface area contributed by atoms with Gasteiger partial charge in [0.15, 0.2) is 12.2 Å². The lowest BCUT2D eigenvalue weighted by Crippen LogP contribution is -2.30. The fourth-order valence-electron chi connectivity index (χ4n) is 8.75. The molecule has 0 saturated carbocycles. The van der Waals surface area contributed by atoms with Crippen molar-refractivity contribution < 1.29 is 80.2 Å². The van der Waals surface area contributed by atoms with Gasteiger partial charge in [0.2, 0.25) is 0 Å². The summed E-state index contributed by atoms with van der Waals surface area (Å²) in [5.74, 6) is -2.15. The molecule has 0 radical (unpaired) electrons. The summed E-state index contributed by atoms with van der Waals surface area (Å²) in [6.07, 6.45) is 37.9. The van der Waals surface area contributed by atoms with Crippen molar-refractivity contribution in [2.45, 2.75) is 316 Å². The molecule has 0 aromatic heterocycles. The van der Waals surface area contributed by atoms with Gasteiger partial charge in [-0.2, -0.15) is 0 Å². The average Bonchev–Trinajstić information content (AvgIpc) is 3.41. The van der Waals surface area contributed by atoms with Crippen LogP contribution in [-0.2, 0) is 65.4 Å². The third-order valence-electron chi connectivity index (χ3n) is 13.6. The molecule has 0 rings (SSSR count). The van der Waals surface area contributed by atoms with E-state index in [1.807, 2.05) is 0 Å². The Morgan fingerprint density at radius 1 is 0.308 bits per heavy atom. The second-order valence-corrected chi connectivity index (χ2v) is 24.3. The summed E-state index contributed by atoms with van der Waals surface area (Å²) in [4.78, 5) is 71.7. The molecule has 17 nitrogen and oxygen atoms in total. The Hall–Kier alpha value is -1.94.